The van der Waals surface area contributed by atoms with E-state index in [2.05, 4.69) is 0 Å². The minimum absolute atomic E-state index is 0.0554. The molecule has 0 aromatic heterocycles. The molecule has 0 aliphatic carbocycles. The van der Waals surface area contributed by atoms with Crippen molar-refractivity contribution in [2.24, 2.45) is 0 Å². The third-order valence-corrected chi connectivity index (χ3v) is 4.76. The van der Waals surface area contributed by atoms with Crippen LogP contribution in [0.2, 0.25) is 0 Å². The van der Waals surface area contributed by atoms with Gasteiger partial charge in [-0.2, -0.15) is 0 Å². The van der Waals surface area contributed by atoms with Gasteiger partial charge in [0.25, 0.3) is 5.91 Å². The molecule has 1 saturated heterocycles. The first kappa shape index (κ1) is 18.4. The first-order valence-electron chi connectivity index (χ1n) is 8.81. The maximum Gasteiger partial charge on any atom is 0.253 e. The summed E-state index contributed by atoms with van der Waals surface area (Å²) in [7, 11) is 1.63. The second kappa shape index (κ2) is 7.89. The second-order valence-electron chi connectivity index (χ2n) is 6.91. The van der Waals surface area contributed by atoms with Crippen LogP contribution in [0.15, 0.2) is 54.6 Å². The lowest BCUT2D eigenvalue weighted by Crippen LogP contribution is -2.57. The third kappa shape index (κ3) is 4.23. The van der Waals surface area contributed by atoms with E-state index in [0.29, 0.717) is 37.4 Å². The standard InChI is InChI=1S/C21H25NO4/c1-21(24)11-12-22(14-19(21)26-18-9-4-3-5-10-18)20(23)17-8-6-7-16(13-17)15-25-2/h3-10,13,19,24H,11-12,14-15H2,1-2H3/t19-,21-/m1/s1. The Bertz CT molecular complexity index is 745. The van der Waals surface area contributed by atoms with E-state index in [9.17, 15) is 9.90 Å². The number of nitrogens with zero attached hydrogens (tertiary/aromatic N) is 1. The number of benzene rings is 2. The van der Waals surface area contributed by atoms with Crippen LogP contribution in [0.4, 0.5) is 0 Å². The average molecular weight is 355 g/mol. The predicted octanol–water partition coefficient (Wildman–Crippen LogP) is 2.88. The van der Waals surface area contributed by atoms with Crippen LogP contribution >= 0.6 is 0 Å². The SMILES string of the molecule is COCc1cccc(C(=O)N2CC[C@@](C)(O)[C@H](Oc3ccccc3)C2)c1. The molecule has 0 radical (unpaired) electrons. The molecule has 2 aromatic carbocycles. The van der Waals surface area contributed by atoms with Gasteiger partial charge in [-0.1, -0.05) is 30.3 Å². The Balaban J connectivity index is 1.74. The van der Waals surface area contributed by atoms with E-state index in [4.69, 9.17) is 9.47 Å². The summed E-state index contributed by atoms with van der Waals surface area (Å²) in [6.45, 7) is 3.07. The van der Waals surface area contributed by atoms with E-state index in [1.165, 1.54) is 0 Å². The lowest BCUT2D eigenvalue weighted by atomic mass is 9.90. The molecule has 5 heteroatoms. The van der Waals surface area contributed by atoms with Crippen LogP contribution in [0.3, 0.4) is 0 Å². The van der Waals surface area contributed by atoms with Gasteiger partial charge in [0, 0.05) is 19.2 Å². The highest BCUT2D eigenvalue weighted by Gasteiger charge is 2.41. The van der Waals surface area contributed by atoms with Crippen LogP contribution in [0.1, 0.15) is 29.3 Å². The van der Waals surface area contributed by atoms with E-state index in [-0.39, 0.29) is 5.91 Å². The molecule has 1 amide bonds. The van der Waals surface area contributed by atoms with Gasteiger partial charge in [-0.3, -0.25) is 4.79 Å². The topological polar surface area (TPSA) is 59.0 Å². The number of aliphatic hydroxyl groups is 1. The Hall–Kier alpha value is -2.37. The molecular formula is C21H25NO4. The van der Waals surface area contributed by atoms with Gasteiger partial charge in [0.2, 0.25) is 0 Å². The highest BCUT2D eigenvalue weighted by Crippen LogP contribution is 2.27. The van der Waals surface area contributed by atoms with Gasteiger partial charge >= 0.3 is 0 Å². The number of para-hydroxylation sites is 1. The molecule has 5 nitrogen and oxygen atoms in total. The summed E-state index contributed by atoms with van der Waals surface area (Å²) < 4.78 is 11.1. The van der Waals surface area contributed by atoms with Crippen molar-refractivity contribution in [1.82, 2.24) is 4.90 Å². The molecule has 0 saturated carbocycles. The van der Waals surface area contributed by atoms with E-state index < -0.39 is 11.7 Å². The Kier molecular flexibility index (Phi) is 5.59. The fraction of sp³-hybridized carbons (Fsp3) is 0.381. The van der Waals surface area contributed by atoms with Gasteiger partial charge < -0.3 is 19.5 Å². The number of piperidine rings is 1. The van der Waals surface area contributed by atoms with Crippen molar-refractivity contribution in [2.45, 2.75) is 31.7 Å². The highest BCUT2D eigenvalue weighted by molar-refractivity contribution is 5.94. The summed E-state index contributed by atoms with van der Waals surface area (Å²) in [5.74, 6) is 0.634. The van der Waals surface area contributed by atoms with Gasteiger partial charge in [0.15, 0.2) is 0 Å². The van der Waals surface area contributed by atoms with Crippen molar-refractivity contribution in [3.05, 3.63) is 65.7 Å². The zero-order valence-corrected chi connectivity index (χ0v) is 15.2. The van der Waals surface area contributed by atoms with E-state index in [0.717, 1.165) is 5.56 Å². The zero-order valence-electron chi connectivity index (χ0n) is 15.2. The van der Waals surface area contributed by atoms with Gasteiger partial charge in [0.05, 0.1) is 13.2 Å². The molecule has 3 rings (SSSR count). The summed E-state index contributed by atoms with van der Waals surface area (Å²) >= 11 is 0. The van der Waals surface area contributed by atoms with Gasteiger partial charge in [-0.15, -0.1) is 0 Å². The molecule has 1 aliphatic rings. The van der Waals surface area contributed by atoms with E-state index in [1.807, 2.05) is 48.5 Å². The molecule has 0 spiro atoms. The minimum Gasteiger partial charge on any atom is -0.486 e. The van der Waals surface area contributed by atoms with E-state index in [1.54, 1.807) is 25.0 Å². The molecular weight excluding hydrogens is 330 g/mol. The Morgan fingerprint density at radius 1 is 1.23 bits per heavy atom. The number of rotatable bonds is 5. The summed E-state index contributed by atoms with van der Waals surface area (Å²) in [4.78, 5) is 14.7. The first-order chi connectivity index (χ1) is 12.5. The fourth-order valence-electron chi connectivity index (χ4n) is 3.17. The normalized spacial score (nSPS) is 22.9. The maximum absolute atomic E-state index is 12.9. The number of amides is 1. The lowest BCUT2D eigenvalue weighted by Gasteiger charge is -2.42. The Morgan fingerprint density at radius 2 is 2.00 bits per heavy atom. The van der Waals surface area contributed by atoms with Crippen LogP contribution in [0, 0.1) is 0 Å². The number of ether oxygens (including phenoxy) is 2. The van der Waals surface area contributed by atoms with Crippen LogP contribution in [0.5, 0.6) is 5.75 Å². The molecule has 2 aromatic rings. The highest BCUT2D eigenvalue weighted by atomic mass is 16.5. The molecule has 1 aliphatic heterocycles. The summed E-state index contributed by atoms with van der Waals surface area (Å²) in [6, 6.07) is 16.8. The third-order valence-electron chi connectivity index (χ3n) is 4.76. The molecule has 1 heterocycles. The quantitative estimate of drug-likeness (QED) is 0.896. The van der Waals surface area contributed by atoms with Crippen molar-refractivity contribution in [3.63, 3.8) is 0 Å². The van der Waals surface area contributed by atoms with Crippen molar-refractivity contribution in [2.75, 3.05) is 20.2 Å². The summed E-state index contributed by atoms with van der Waals surface area (Å²) in [6.07, 6.45) is -0.0154. The van der Waals surface area contributed by atoms with Crippen molar-refractivity contribution in [1.29, 1.82) is 0 Å². The molecule has 0 bridgehead atoms. The van der Waals surface area contributed by atoms with Gasteiger partial charge in [-0.25, -0.2) is 0 Å². The molecule has 1 fully saturated rings. The number of methoxy groups -OCH3 is 1. The first-order valence-corrected chi connectivity index (χ1v) is 8.81. The number of carbonyl (C=O) groups excluding carboxylic acids is 1. The van der Waals surface area contributed by atoms with Crippen LogP contribution in [-0.4, -0.2) is 47.8 Å². The van der Waals surface area contributed by atoms with Gasteiger partial charge in [0.1, 0.15) is 17.5 Å². The van der Waals surface area contributed by atoms with Crippen molar-refractivity contribution < 1.29 is 19.4 Å². The largest absolute Gasteiger partial charge is 0.486 e. The summed E-state index contributed by atoms with van der Waals surface area (Å²) in [5, 5.41) is 10.7. The number of carbonyl (C=O) groups is 1. The Morgan fingerprint density at radius 3 is 2.73 bits per heavy atom. The molecule has 2 atom stereocenters. The van der Waals surface area contributed by atoms with E-state index >= 15 is 0 Å². The van der Waals surface area contributed by atoms with Crippen molar-refractivity contribution in [3.8, 4) is 5.75 Å². The van der Waals surface area contributed by atoms with Crippen LogP contribution < -0.4 is 4.74 Å². The maximum atomic E-state index is 12.9. The second-order valence-corrected chi connectivity index (χ2v) is 6.91. The van der Waals surface area contributed by atoms with Gasteiger partial charge in [-0.05, 0) is 43.2 Å². The van der Waals surface area contributed by atoms with Crippen LogP contribution in [0.25, 0.3) is 0 Å². The molecule has 0 unspecified atom stereocenters. The van der Waals surface area contributed by atoms with Crippen molar-refractivity contribution >= 4 is 5.91 Å². The lowest BCUT2D eigenvalue weighted by molar-refractivity contribution is -0.0881. The fourth-order valence-corrected chi connectivity index (χ4v) is 3.17. The summed E-state index contributed by atoms with van der Waals surface area (Å²) in [5.41, 5.74) is 0.601. The predicted molar refractivity (Wildman–Crippen MR) is 99.2 cm³/mol. The average Bonchev–Trinajstić information content (AvgIpc) is 2.64. The molecule has 138 valence electrons. The number of likely N-dealkylation sites (tertiary alicyclic amines) is 1. The molecule has 26 heavy (non-hydrogen) atoms. The Labute approximate surface area is 154 Å². The molecule has 1 N–H and O–H groups in total. The number of hydrogen-bond acceptors (Lipinski definition) is 4. The number of hydrogen-bond donors (Lipinski definition) is 1. The smallest absolute Gasteiger partial charge is 0.253 e. The zero-order chi connectivity index (χ0) is 18.6. The monoisotopic (exact) mass is 355 g/mol. The van der Waals surface area contributed by atoms with Crippen LogP contribution in [-0.2, 0) is 11.3 Å². The minimum atomic E-state index is -0.982.